The lowest BCUT2D eigenvalue weighted by Gasteiger charge is -2.23. The number of amides is 1. The number of hydrogen-bond acceptors (Lipinski definition) is 6. The zero-order chi connectivity index (χ0) is 23.8. The van der Waals surface area contributed by atoms with Crippen LogP contribution in [0.3, 0.4) is 0 Å². The van der Waals surface area contributed by atoms with Gasteiger partial charge in [-0.1, -0.05) is 39.0 Å². The van der Waals surface area contributed by atoms with Crippen LogP contribution in [0.1, 0.15) is 42.8 Å². The van der Waals surface area contributed by atoms with Crippen molar-refractivity contribution < 1.29 is 19.0 Å². The minimum atomic E-state index is -0.251. The van der Waals surface area contributed by atoms with Crippen molar-refractivity contribution in [1.82, 2.24) is 9.78 Å². The van der Waals surface area contributed by atoms with Crippen LogP contribution in [0, 0.1) is 0 Å². The molecule has 1 aliphatic rings. The van der Waals surface area contributed by atoms with E-state index in [1.807, 2.05) is 47.1 Å². The molecule has 7 nitrogen and oxygen atoms in total. The maximum atomic E-state index is 12.8. The number of fused-ring (bicyclic) bond motifs is 1. The molecule has 3 aromatic rings. The van der Waals surface area contributed by atoms with Crippen LogP contribution >= 0.6 is 11.8 Å². The Morgan fingerprint density at radius 2 is 1.67 bits per heavy atom. The van der Waals surface area contributed by atoms with E-state index in [0.29, 0.717) is 28.8 Å². The SMILES string of the molecule is COc1cc(C2SCC(=O)Nc3c2c(C(C)(C)C)nn3-c2ccccc2)cc(OC)c1OC. The Balaban J connectivity index is 2.00. The number of methoxy groups -OCH3 is 3. The summed E-state index contributed by atoms with van der Waals surface area (Å²) < 4.78 is 18.6. The predicted octanol–water partition coefficient (Wildman–Crippen LogP) is 4.97. The normalized spacial score (nSPS) is 15.9. The van der Waals surface area contributed by atoms with Gasteiger partial charge in [0.05, 0.1) is 43.7 Å². The smallest absolute Gasteiger partial charge is 0.235 e. The third-order valence-electron chi connectivity index (χ3n) is 5.52. The molecule has 1 amide bonds. The van der Waals surface area contributed by atoms with Crippen molar-refractivity contribution in [3.63, 3.8) is 0 Å². The minimum absolute atomic E-state index is 0.0614. The number of hydrogen-bond donors (Lipinski definition) is 1. The molecule has 33 heavy (non-hydrogen) atoms. The van der Waals surface area contributed by atoms with Gasteiger partial charge in [-0.3, -0.25) is 4.79 Å². The highest BCUT2D eigenvalue weighted by Crippen LogP contribution is 2.50. The van der Waals surface area contributed by atoms with E-state index in [1.54, 1.807) is 33.1 Å². The Hall–Kier alpha value is -3.13. The number of carbonyl (C=O) groups excluding carboxylic acids is 1. The van der Waals surface area contributed by atoms with Crippen LogP contribution in [0.4, 0.5) is 5.82 Å². The Morgan fingerprint density at radius 3 is 2.21 bits per heavy atom. The summed E-state index contributed by atoms with van der Waals surface area (Å²) >= 11 is 1.56. The monoisotopic (exact) mass is 467 g/mol. The van der Waals surface area contributed by atoms with E-state index in [2.05, 4.69) is 26.1 Å². The minimum Gasteiger partial charge on any atom is -0.493 e. The van der Waals surface area contributed by atoms with Crippen LogP contribution < -0.4 is 19.5 Å². The molecule has 0 radical (unpaired) electrons. The van der Waals surface area contributed by atoms with Crippen molar-refractivity contribution in [2.75, 3.05) is 32.4 Å². The maximum absolute atomic E-state index is 12.8. The first-order chi connectivity index (χ1) is 15.8. The quantitative estimate of drug-likeness (QED) is 0.571. The first-order valence-corrected chi connectivity index (χ1v) is 11.7. The van der Waals surface area contributed by atoms with Crippen LogP contribution in [-0.4, -0.2) is 42.8 Å². The third kappa shape index (κ3) is 4.27. The predicted molar refractivity (Wildman–Crippen MR) is 131 cm³/mol. The van der Waals surface area contributed by atoms with Gasteiger partial charge in [-0.15, -0.1) is 11.8 Å². The fourth-order valence-corrected chi connectivity index (χ4v) is 5.14. The van der Waals surface area contributed by atoms with Crippen molar-refractivity contribution in [3.8, 4) is 22.9 Å². The Kier molecular flexibility index (Phi) is 6.30. The number of anilines is 1. The van der Waals surface area contributed by atoms with Crippen molar-refractivity contribution in [1.29, 1.82) is 0 Å². The van der Waals surface area contributed by atoms with Gasteiger partial charge in [-0.05, 0) is 29.8 Å². The highest BCUT2D eigenvalue weighted by atomic mass is 32.2. The van der Waals surface area contributed by atoms with Gasteiger partial charge in [0.15, 0.2) is 11.5 Å². The van der Waals surface area contributed by atoms with Crippen LogP contribution in [0.15, 0.2) is 42.5 Å². The average Bonchev–Trinajstić information content (AvgIpc) is 3.09. The number of benzene rings is 2. The van der Waals surface area contributed by atoms with Crippen LogP contribution in [0.2, 0.25) is 0 Å². The van der Waals surface area contributed by atoms with Crippen molar-refractivity contribution >= 4 is 23.5 Å². The number of ether oxygens (including phenoxy) is 3. The number of rotatable bonds is 5. The topological polar surface area (TPSA) is 74.6 Å². The van der Waals surface area contributed by atoms with Crippen LogP contribution in [0.25, 0.3) is 5.69 Å². The second kappa shape index (κ2) is 9.02. The molecule has 0 saturated heterocycles. The van der Waals surface area contributed by atoms with Gasteiger partial charge < -0.3 is 19.5 Å². The van der Waals surface area contributed by atoms with E-state index in [9.17, 15) is 4.79 Å². The molecule has 0 spiro atoms. The molecule has 1 unspecified atom stereocenters. The number of thioether (sulfide) groups is 1. The average molecular weight is 468 g/mol. The maximum Gasteiger partial charge on any atom is 0.235 e. The first-order valence-electron chi connectivity index (χ1n) is 10.7. The molecule has 2 heterocycles. The molecular formula is C25H29N3O4S. The molecule has 4 rings (SSSR count). The van der Waals surface area contributed by atoms with Crippen molar-refractivity contribution in [3.05, 3.63) is 59.3 Å². The van der Waals surface area contributed by atoms with Gasteiger partial charge in [0, 0.05) is 11.0 Å². The van der Waals surface area contributed by atoms with E-state index < -0.39 is 0 Å². The summed E-state index contributed by atoms with van der Waals surface area (Å²) in [6, 6.07) is 13.8. The molecule has 1 aliphatic heterocycles. The highest BCUT2D eigenvalue weighted by Gasteiger charge is 2.36. The molecular weight excluding hydrogens is 438 g/mol. The molecule has 2 aromatic carbocycles. The third-order valence-corrected chi connectivity index (χ3v) is 6.79. The van der Waals surface area contributed by atoms with Crippen molar-refractivity contribution in [2.24, 2.45) is 0 Å². The summed E-state index contributed by atoms with van der Waals surface area (Å²) in [5.74, 6) is 2.63. The van der Waals surface area contributed by atoms with Gasteiger partial charge in [0.25, 0.3) is 0 Å². The van der Waals surface area contributed by atoms with E-state index in [-0.39, 0.29) is 16.6 Å². The summed E-state index contributed by atoms with van der Waals surface area (Å²) in [5, 5.41) is 7.95. The van der Waals surface area contributed by atoms with Gasteiger partial charge in [0.2, 0.25) is 11.7 Å². The second-order valence-electron chi connectivity index (χ2n) is 8.81. The molecule has 0 bridgehead atoms. The van der Waals surface area contributed by atoms with Gasteiger partial charge in [-0.25, -0.2) is 4.68 Å². The molecule has 174 valence electrons. The van der Waals surface area contributed by atoms with Gasteiger partial charge in [0.1, 0.15) is 5.82 Å². The summed E-state index contributed by atoms with van der Waals surface area (Å²) in [5.41, 5.74) is 3.50. The number of carbonyl (C=O) groups is 1. The van der Waals surface area contributed by atoms with E-state index in [4.69, 9.17) is 19.3 Å². The molecule has 0 aliphatic carbocycles. The zero-order valence-electron chi connectivity index (χ0n) is 19.8. The molecule has 8 heteroatoms. The standard InChI is InChI=1S/C25H29N3O4S/c1-25(2,3)23-20-22(15-12-17(30-4)21(32-6)18(13-15)31-5)33-14-19(29)26-24(20)28(27-23)16-10-8-7-9-11-16/h7-13,22H,14H2,1-6H3,(H,26,29). The fraction of sp³-hybridized carbons (Fsp3) is 0.360. The lowest BCUT2D eigenvalue weighted by molar-refractivity contribution is -0.113. The molecule has 0 saturated carbocycles. The van der Waals surface area contributed by atoms with Gasteiger partial charge in [-0.2, -0.15) is 5.10 Å². The van der Waals surface area contributed by atoms with E-state index in [0.717, 1.165) is 22.5 Å². The fourth-order valence-electron chi connectivity index (χ4n) is 4.03. The molecule has 1 atom stereocenters. The van der Waals surface area contributed by atoms with Crippen molar-refractivity contribution in [2.45, 2.75) is 31.4 Å². The Bertz CT molecular complexity index is 1140. The number of aromatic nitrogens is 2. The summed E-state index contributed by atoms with van der Waals surface area (Å²) in [7, 11) is 4.79. The lowest BCUT2D eigenvalue weighted by Crippen LogP contribution is -2.16. The molecule has 1 N–H and O–H groups in total. The Morgan fingerprint density at radius 1 is 1.03 bits per heavy atom. The van der Waals surface area contributed by atoms with Gasteiger partial charge >= 0.3 is 0 Å². The number of nitrogens with zero attached hydrogens (tertiary/aromatic N) is 2. The zero-order valence-corrected chi connectivity index (χ0v) is 20.6. The van der Waals surface area contributed by atoms with E-state index >= 15 is 0 Å². The number of nitrogens with one attached hydrogen (secondary N) is 1. The number of para-hydroxylation sites is 1. The van der Waals surface area contributed by atoms with Crippen LogP contribution in [0.5, 0.6) is 17.2 Å². The largest absolute Gasteiger partial charge is 0.493 e. The molecule has 1 aromatic heterocycles. The summed E-state index contributed by atoms with van der Waals surface area (Å²) in [4.78, 5) is 12.8. The Labute approximate surface area is 198 Å². The first kappa shape index (κ1) is 23.0. The highest BCUT2D eigenvalue weighted by molar-refractivity contribution is 8.00. The lowest BCUT2D eigenvalue weighted by atomic mass is 9.87. The van der Waals surface area contributed by atoms with E-state index in [1.165, 1.54) is 0 Å². The summed E-state index contributed by atoms with van der Waals surface area (Å²) in [6.07, 6.45) is 0. The second-order valence-corrected chi connectivity index (χ2v) is 9.90. The molecule has 0 fully saturated rings. The summed E-state index contributed by atoms with van der Waals surface area (Å²) in [6.45, 7) is 6.40. The van der Waals surface area contributed by atoms with Crippen LogP contribution in [-0.2, 0) is 10.2 Å².